The van der Waals surface area contributed by atoms with Crippen molar-refractivity contribution >= 4 is 9.84 Å². The second-order valence-corrected chi connectivity index (χ2v) is 7.00. The largest absolute Gasteiger partial charge is 0.315 e. The molecule has 0 aromatic heterocycles. The minimum Gasteiger partial charge on any atom is -0.315 e. The van der Waals surface area contributed by atoms with Crippen LogP contribution in [0, 0.1) is 5.82 Å². The van der Waals surface area contributed by atoms with Gasteiger partial charge in [0.2, 0.25) is 0 Å². The molecule has 1 aromatic rings. The predicted octanol–water partition coefficient (Wildman–Crippen LogP) is 1.10. The van der Waals surface area contributed by atoms with Gasteiger partial charge in [0.25, 0.3) is 0 Å². The maximum atomic E-state index is 13.7. The van der Waals surface area contributed by atoms with E-state index in [-0.39, 0.29) is 17.0 Å². The van der Waals surface area contributed by atoms with Crippen molar-refractivity contribution in [2.75, 3.05) is 25.1 Å². The van der Waals surface area contributed by atoms with E-state index in [0.29, 0.717) is 25.1 Å². The Morgan fingerprint density at radius 2 is 2.00 bits per heavy atom. The SMILES string of the molecule is CS(=O)(=O)CCC1(c2ccccc2F)CNC1. The van der Waals surface area contributed by atoms with E-state index in [1.807, 2.05) is 0 Å². The average molecular weight is 257 g/mol. The Balaban J connectivity index is 2.23. The molecule has 1 fully saturated rings. The summed E-state index contributed by atoms with van der Waals surface area (Å²) >= 11 is 0. The number of benzene rings is 1. The van der Waals surface area contributed by atoms with E-state index in [1.54, 1.807) is 18.2 Å². The molecule has 0 aliphatic carbocycles. The molecule has 17 heavy (non-hydrogen) atoms. The molecule has 1 aliphatic heterocycles. The molecule has 0 radical (unpaired) electrons. The summed E-state index contributed by atoms with van der Waals surface area (Å²) in [7, 11) is -3.00. The van der Waals surface area contributed by atoms with Crippen LogP contribution >= 0.6 is 0 Å². The van der Waals surface area contributed by atoms with Gasteiger partial charge in [-0.25, -0.2) is 12.8 Å². The lowest BCUT2D eigenvalue weighted by atomic mass is 9.73. The summed E-state index contributed by atoms with van der Waals surface area (Å²) in [4.78, 5) is 0. The number of halogens is 1. The number of hydrogen-bond donors (Lipinski definition) is 1. The maximum absolute atomic E-state index is 13.7. The zero-order valence-electron chi connectivity index (χ0n) is 9.74. The number of rotatable bonds is 4. The van der Waals surface area contributed by atoms with Crippen LogP contribution in [0.5, 0.6) is 0 Å². The van der Waals surface area contributed by atoms with Gasteiger partial charge in [0.1, 0.15) is 15.7 Å². The van der Waals surface area contributed by atoms with Gasteiger partial charge in [-0.15, -0.1) is 0 Å². The van der Waals surface area contributed by atoms with Crippen molar-refractivity contribution in [1.29, 1.82) is 0 Å². The Morgan fingerprint density at radius 1 is 1.35 bits per heavy atom. The first kappa shape index (κ1) is 12.5. The molecule has 1 aliphatic rings. The number of hydrogen-bond acceptors (Lipinski definition) is 3. The third-order valence-corrected chi connectivity index (χ3v) is 4.27. The lowest BCUT2D eigenvalue weighted by Gasteiger charge is -2.43. The fourth-order valence-electron chi connectivity index (χ4n) is 2.20. The van der Waals surface area contributed by atoms with Gasteiger partial charge >= 0.3 is 0 Å². The highest BCUT2D eigenvalue weighted by atomic mass is 32.2. The predicted molar refractivity (Wildman–Crippen MR) is 65.3 cm³/mol. The van der Waals surface area contributed by atoms with Gasteiger partial charge in [-0.05, 0) is 18.1 Å². The molecule has 1 aromatic carbocycles. The lowest BCUT2D eigenvalue weighted by Crippen LogP contribution is -2.57. The molecule has 0 spiro atoms. The molecule has 0 saturated carbocycles. The van der Waals surface area contributed by atoms with Crippen LogP contribution in [0.2, 0.25) is 0 Å². The number of nitrogens with one attached hydrogen (secondary N) is 1. The van der Waals surface area contributed by atoms with E-state index < -0.39 is 9.84 Å². The number of sulfone groups is 1. The molecule has 2 rings (SSSR count). The van der Waals surface area contributed by atoms with Crippen LogP contribution in [0.3, 0.4) is 0 Å². The normalized spacial score (nSPS) is 18.7. The summed E-state index contributed by atoms with van der Waals surface area (Å²) < 4.78 is 36.2. The second-order valence-electron chi connectivity index (χ2n) is 4.74. The smallest absolute Gasteiger partial charge is 0.147 e. The van der Waals surface area contributed by atoms with Gasteiger partial charge in [0.15, 0.2) is 0 Å². The summed E-state index contributed by atoms with van der Waals surface area (Å²) in [5, 5.41) is 3.10. The highest BCUT2D eigenvalue weighted by molar-refractivity contribution is 7.90. The first-order chi connectivity index (χ1) is 7.93. The zero-order valence-corrected chi connectivity index (χ0v) is 10.6. The van der Waals surface area contributed by atoms with E-state index in [0.717, 1.165) is 0 Å². The molecule has 94 valence electrons. The van der Waals surface area contributed by atoms with Crippen LogP contribution < -0.4 is 5.32 Å². The molecular weight excluding hydrogens is 241 g/mol. The van der Waals surface area contributed by atoms with E-state index in [1.165, 1.54) is 12.3 Å². The molecule has 3 nitrogen and oxygen atoms in total. The summed E-state index contributed by atoms with van der Waals surface area (Å²) in [5.41, 5.74) is 0.274. The van der Waals surface area contributed by atoms with Crippen LogP contribution in [-0.2, 0) is 15.3 Å². The van der Waals surface area contributed by atoms with E-state index in [4.69, 9.17) is 0 Å². The van der Waals surface area contributed by atoms with E-state index in [2.05, 4.69) is 5.32 Å². The van der Waals surface area contributed by atoms with Gasteiger partial charge in [-0.3, -0.25) is 0 Å². The van der Waals surface area contributed by atoms with Crippen molar-refractivity contribution in [3.05, 3.63) is 35.6 Å². The lowest BCUT2D eigenvalue weighted by molar-refractivity contribution is 0.259. The van der Waals surface area contributed by atoms with Crippen molar-refractivity contribution in [2.24, 2.45) is 0 Å². The Labute approximate surface area is 101 Å². The molecule has 1 heterocycles. The first-order valence-corrected chi connectivity index (χ1v) is 7.62. The highest BCUT2D eigenvalue weighted by Crippen LogP contribution is 2.34. The monoisotopic (exact) mass is 257 g/mol. The molecule has 1 saturated heterocycles. The van der Waals surface area contributed by atoms with Gasteiger partial charge in [0.05, 0.1) is 5.75 Å². The fourth-order valence-corrected chi connectivity index (χ4v) is 2.96. The van der Waals surface area contributed by atoms with Crippen molar-refractivity contribution in [1.82, 2.24) is 5.32 Å². The van der Waals surface area contributed by atoms with Crippen LogP contribution in [0.4, 0.5) is 4.39 Å². The standard InChI is InChI=1S/C12H16FNO2S/c1-17(15,16)7-6-12(8-14-9-12)10-4-2-3-5-11(10)13/h2-5,14H,6-9H2,1H3. The van der Waals surface area contributed by atoms with Gasteiger partial charge in [-0.2, -0.15) is 0 Å². The third kappa shape index (κ3) is 2.66. The van der Waals surface area contributed by atoms with Gasteiger partial charge < -0.3 is 5.32 Å². The Hall–Kier alpha value is -0.940. The van der Waals surface area contributed by atoms with Crippen molar-refractivity contribution in [3.63, 3.8) is 0 Å². The molecule has 0 atom stereocenters. The van der Waals surface area contributed by atoms with Crippen LogP contribution in [0.25, 0.3) is 0 Å². The minimum atomic E-state index is -3.00. The Bertz CT molecular complexity index is 509. The topological polar surface area (TPSA) is 46.2 Å². The fraction of sp³-hybridized carbons (Fsp3) is 0.500. The molecule has 1 N–H and O–H groups in total. The van der Waals surface area contributed by atoms with Crippen molar-refractivity contribution < 1.29 is 12.8 Å². The summed E-state index contributed by atoms with van der Waals surface area (Å²) in [6.45, 7) is 1.28. The molecule has 0 amide bonds. The molecular formula is C12H16FNO2S. The molecule has 0 bridgehead atoms. The quantitative estimate of drug-likeness (QED) is 0.878. The highest BCUT2D eigenvalue weighted by Gasteiger charge is 2.40. The van der Waals surface area contributed by atoms with Gasteiger partial charge in [-0.1, -0.05) is 18.2 Å². The first-order valence-electron chi connectivity index (χ1n) is 5.56. The average Bonchev–Trinajstić information content (AvgIpc) is 2.17. The van der Waals surface area contributed by atoms with Crippen molar-refractivity contribution in [3.8, 4) is 0 Å². The summed E-state index contributed by atoms with van der Waals surface area (Å²) in [6.07, 6.45) is 1.69. The maximum Gasteiger partial charge on any atom is 0.147 e. The Kier molecular flexibility index (Phi) is 3.23. The van der Waals surface area contributed by atoms with Crippen LogP contribution in [-0.4, -0.2) is 33.5 Å². The Morgan fingerprint density at radius 3 is 2.47 bits per heavy atom. The van der Waals surface area contributed by atoms with E-state index >= 15 is 0 Å². The van der Waals surface area contributed by atoms with E-state index in [9.17, 15) is 12.8 Å². The molecule has 0 unspecified atom stereocenters. The third-order valence-electron chi connectivity index (χ3n) is 3.32. The second kappa shape index (κ2) is 4.38. The van der Waals surface area contributed by atoms with Gasteiger partial charge in [0, 0.05) is 24.8 Å². The van der Waals surface area contributed by atoms with Crippen LogP contribution in [0.1, 0.15) is 12.0 Å². The van der Waals surface area contributed by atoms with Crippen molar-refractivity contribution in [2.45, 2.75) is 11.8 Å². The summed E-state index contributed by atoms with van der Waals surface area (Å²) in [6, 6.07) is 6.61. The molecule has 5 heteroatoms. The van der Waals surface area contributed by atoms with Crippen LogP contribution in [0.15, 0.2) is 24.3 Å². The summed E-state index contributed by atoms with van der Waals surface area (Å²) in [5.74, 6) is -0.147. The zero-order chi connectivity index (χ0) is 12.5. The minimum absolute atomic E-state index is 0.100.